The van der Waals surface area contributed by atoms with Gasteiger partial charge in [0.1, 0.15) is 0 Å². The summed E-state index contributed by atoms with van der Waals surface area (Å²) in [6.07, 6.45) is 0. The summed E-state index contributed by atoms with van der Waals surface area (Å²) in [5.74, 6) is -0.377. The molecule has 0 spiro atoms. The Labute approximate surface area is 98.4 Å². The Morgan fingerprint density at radius 2 is 2.25 bits per heavy atom. The molecule has 0 bridgehead atoms. The van der Waals surface area contributed by atoms with E-state index in [-0.39, 0.29) is 12.5 Å². The van der Waals surface area contributed by atoms with Gasteiger partial charge in [-0.3, -0.25) is 9.63 Å². The first kappa shape index (κ1) is 12.8. The molecule has 3 N–H and O–H groups in total. The summed E-state index contributed by atoms with van der Waals surface area (Å²) in [6.45, 7) is 0.688. The van der Waals surface area contributed by atoms with E-state index in [1.54, 1.807) is 19.2 Å². The summed E-state index contributed by atoms with van der Waals surface area (Å²) in [6, 6.07) is 4.61. The lowest BCUT2D eigenvalue weighted by molar-refractivity contribution is 0.00889. The fourth-order valence-corrected chi connectivity index (χ4v) is 1.15. The Morgan fingerprint density at radius 3 is 2.88 bits per heavy atom. The fourth-order valence-electron chi connectivity index (χ4n) is 0.969. The van der Waals surface area contributed by atoms with E-state index in [0.717, 1.165) is 0 Å². The first-order valence-corrected chi connectivity index (χ1v) is 4.99. The highest BCUT2D eigenvalue weighted by Gasteiger charge is 2.07. The molecule has 6 heteroatoms. The van der Waals surface area contributed by atoms with Crippen molar-refractivity contribution in [2.45, 2.75) is 0 Å². The van der Waals surface area contributed by atoms with E-state index in [1.807, 2.05) is 0 Å². The van der Waals surface area contributed by atoms with Gasteiger partial charge in [0.15, 0.2) is 0 Å². The van der Waals surface area contributed by atoms with Gasteiger partial charge in [0.25, 0.3) is 5.91 Å². The predicted octanol–water partition coefficient (Wildman–Crippen LogP) is 1.23. The Kier molecular flexibility index (Phi) is 5.04. The first-order valence-electron chi connectivity index (χ1n) is 4.61. The van der Waals surface area contributed by atoms with E-state index >= 15 is 0 Å². The van der Waals surface area contributed by atoms with Crippen LogP contribution in [0.5, 0.6) is 0 Å². The van der Waals surface area contributed by atoms with Gasteiger partial charge >= 0.3 is 0 Å². The number of hydrogen-bond donors (Lipinski definition) is 2. The van der Waals surface area contributed by atoms with Crippen LogP contribution in [0.15, 0.2) is 18.2 Å². The van der Waals surface area contributed by atoms with Gasteiger partial charge in [-0.1, -0.05) is 11.6 Å². The number of rotatable bonds is 5. The number of carbonyl (C=O) groups is 1. The van der Waals surface area contributed by atoms with Gasteiger partial charge in [0.05, 0.1) is 23.9 Å². The van der Waals surface area contributed by atoms with Crippen molar-refractivity contribution >= 4 is 23.2 Å². The number of nitrogens with two attached hydrogens (primary N) is 1. The smallest absolute Gasteiger partial charge is 0.274 e. The number of anilines is 1. The van der Waals surface area contributed by atoms with Crippen molar-refractivity contribution in [3.63, 3.8) is 0 Å². The molecule has 0 heterocycles. The third-order valence-electron chi connectivity index (χ3n) is 1.82. The molecule has 0 saturated carbocycles. The molecule has 88 valence electrons. The van der Waals surface area contributed by atoms with Crippen LogP contribution in [0, 0.1) is 0 Å². The average molecular weight is 245 g/mol. The monoisotopic (exact) mass is 244 g/mol. The molecule has 1 aromatic carbocycles. The van der Waals surface area contributed by atoms with Crippen molar-refractivity contribution in [2.24, 2.45) is 0 Å². The minimum Gasteiger partial charge on any atom is -0.398 e. The number of carbonyl (C=O) groups excluding carboxylic acids is 1. The molecule has 5 nitrogen and oxygen atoms in total. The van der Waals surface area contributed by atoms with Crippen LogP contribution >= 0.6 is 11.6 Å². The molecule has 1 rings (SSSR count). The van der Waals surface area contributed by atoms with Crippen molar-refractivity contribution in [1.82, 2.24) is 5.48 Å². The summed E-state index contributed by atoms with van der Waals surface area (Å²) in [5.41, 5.74) is 8.59. The van der Waals surface area contributed by atoms with E-state index in [9.17, 15) is 4.79 Å². The molecule has 0 aliphatic rings. The Balaban J connectivity index is 2.50. The third kappa shape index (κ3) is 3.69. The predicted molar refractivity (Wildman–Crippen MR) is 61.2 cm³/mol. The maximum Gasteiger partial charge on any atom is 0.274 e. The second-order valence-corrected chi connectivity index (χ2v) is 3.42. The summed E-state index contributed by atoms with van der Waals surface area (Å²) >= 11 is 5.78. The first-order chi connectivity index (χ1) is 7.65. The van der Waals surface area contributed by atoms with E-state index in [4.69, 9.17) is 26.9 Å². The summed E-state index contributed by atoms with van der Waals surface area (Å²) < 4.78 is 4.75. The van der Waals surface area contributed by atoms with Gasteiger partial charge in [-0.15, -0.1) is 0 Å². The standard InChI is InChI=1S/C10H13ClN2O3/c1-15-4-5-16-13-10(14)7-2-3-9(12)8(11)6-7/h2-3,6H,4-5,12H2,1H3,(H,13,14). The fraction of sp³-hybridized carbons (Fsp3) is 0.300. The van der Waals surface area contributed by atoms with E-state index in [0.29, 0.717) is 22.9 Å². The van der Waals surface area contributed by atoms with Crippen molar-refractivity contribution in [1.29, 1.82) is 0 Å². The molecule has 0 aromatic heterocycles. The molecule has 0 aliphatic carbocycles. The molecular formula is C10H13ClN2O3. The molecule has 0 aliphatic heterocycles. The SMILES string of the molecule is COCCONC(=O)c1ccc(N)c(Cl)c1. The lowest BCUT2D eigenvalue weighted by Crippen LogP contribution is -2.25. The summed E-state index contributed by atoms with van der Waals surface area (Å²) in [7, 11) is 1.55. The molecule has 0 radical (unpaired) electrons. The van der Waals surface area contributed by atoms with Gasteiger partial charge in [0.2, 0.25) is 0 Å². The summed E-state index contributed by atoms with van der Waals surface area (Å²) in [4.78, 5) is 16.4. The molecule has 0 saturated heterocycles. The van der Waals surface area contributed by atoms with Gasteiger partial charge in [-0.2, -0.15) is 0 Å². The van der Waals surface area contributed by atoms with E-state index < -0.39 is 0 Å². The number of methoxy groups -OCH3 is 1. The Morgan fingerprint density at radius 1 is 1.50 bits per heavy atom. The zero-order valence-corrected chi connectivity index (χ0v) is 9.58. The second-order valence-electron chi connectivity index (χ2n) is 3.01. The lowest BCUT2D eigenvalue weighted by atomic mass is 10.2. The highest BCUT2D eigenvalue weighted by Crippen LogP contribution is 2.19. The van der Waals surface area contributed by atoms with Crippen LogP contribution in [0.25, 0.3) is 0 Å². The number of nitrogens with one attached hydrogen (secondary N) is 1. The molecule has 0 unspecified atom stereocenters. The lowest BCUT2D eigenvalue weighted by Gasteiger charge is -2.06. The molecule has 0 atom stereocenters. The van der Waals surface area contributed by atoms with Crippen LogP contribution in [0.2, 0.25) is 5.02 Å². The minimum absolute atomic E-state index is 0.283. The minimum atomic E-state index is -0.377. The van der Waals surface area contributed by atoms with Crippen molar-refractivity contribution in [3.8, 4) is 0 Å². The van der Waals surface area contributed by atoms with Crippen LogP contribution in [0.1, 0.15) is 10.4 Å². The van der Waals surface area contributed by atoms with E-state index in [1.165, 1.54) is 6.07 Å². The molecule has 1 aromatic rings. The highest BCUT2D eigenvalue weighted by atomic mass is 35.5. The zero-order chi connectivity index (χ0) is 12.0. The summed E-state index contributed by atoms with van der Waals surface area (Å²) in [5, 5.41) is 0.338. The average Bonchev–Trinajstić information content (AvgIpc) is 2.28. The van der Waals surface area contributed by atoms with Crippen LogP contribution < -0.4 is 11.2 Å². The number of ether oxygens (including phenoxy) is 1. The van der Waals surface area contributed by atoms with Gasteiger partial charge in [0, 0.05) is 12.7 Å². The number of halogens is 1. The highest BCUT2D eigenvalue weighted by molar-refractivity contribution is 6.33. The largest absolute Gasteiger partial charge is 0.398 e. The van der Waals surface area contributed by atoms with Crippen molar-refractivity contribution < 1.29 is 14.4 Å². The van der Waals surface area contributed by atoms with Crippen LogP contribution in [0.3, 0.4) is 0 Å². The van der Waals surface area contributed by atoms with Gasteiger partial charge in [-0.25, -0.2) is 5.48 Å². The zero-order valence-electron chi connectivity index (χ0n) is 8.83. The maximum atomic E-state index is 11.5. The molecule has 16 heavy (non-hydrogen) atoms. The maximum absolute atomic E-state index is 11.5. The Bertz CT molecular complexity index is 371. The topological polar surface area (TPSA) is 73.6 Å². The number of amides is 1. The molecule has 1 amide bonds. The quantitative estimate of drug-likeness (QED) is 0.464. The number of benzene rings is 1. The number of hydroxylamine groups is 1. The number of hydrogen-bond acceptors (Lipinski definition) is 4. The van der Waals surface area contributed by atoms with Gasteiger partial charge < -0.3 is 10.5 Å². The van der Waals surface area contributed by atoms with Crippen molar-refractivity contribution in [3.05, 3.63) is 28.8 Å². The van der Waals surface area contributed by atoms with Crippen LogP contribution in [-0.4, -0.2) is 26.2 Å². The molecular weight excluding hydrogens is 232 g/mol. The third-order valence-corrected chi connectivity index (χ3v) is 2.14. The second kappa shape index (κ2) is 6.32. The van der Waals surface area contributed by atoms with Crippen LogP contribution in [0.4, 0.5) is 5.69 Å². The Hall–Kier alpha value is -1.30. The van der Waals surface area contributed by atoms with E-state index in [2.05, 4.69) is 5.48 Å². The molecule has 0 fully saturated rings. The van der Waals surface area contributed by atoms with Gasteiger partial charge in [-0.05, 0) is 18.2 Å². The van der Waals surface area contributed by atoms with Crippen molar-refractivity contribution in [2.75, 3.05) is 26.1 Å². The normalized spacial score (nSPS) is 10.1. The number of nitrogen functional groups attached to an aromatic ring is 1. The van der Waals surface area contributed by atoms with Crippen LogP contribution in [-0.2, 0) is 9.57 Å².